The zero-order chi connectivity index (χ0) is 35.3. The minimum Gasteiger partial charge on any atom is -0.309 e. The van der Waals surface area contributed by atoms with Crippen LogP contribution in [-0.2, 0) is 0 Å². The molecule has 0 saturated carbocycles. The Morgan fingerprint density at radius 2 is 0.796 bits per heavy atom. The highest BCUT2D eigenvalue weighted by Crippen LogP contribution is 2.47. The average molecular weight is 702 g/mol. The van der Waals surface area contributed by atoms with Gasteiger partial charge in [-0.3, -0.25) is 0 Å². The lowest BCUT2D eigenvalue weighted by Crippen LogP contribution is -1.93. The Morgan fingerprint density at radius 1 is 0.296 bits per heavy atom. The summed E-state index contributed by atoms with van der Waals surface area (Å²) in [6, 6.07) is 69.8. The molecule has 0 N–H and O–H groups in total. The first-order chi connectivity index (χ1) is 26.8. The van der Waals surface area contributed by atoms with E-state index in [4.69, 9.17) is 0 Å². The highest BCUT2D eigenvalue weighted by molar-refractivity contribution is 7.25. The number of rotatable bonds is 3. The molecule has 2 heterocycles. The molecule has 0 amide bonds. The van der Waals surface area contributed by atoms with Crippen LogP contribution in [0.4, 0.5) is 0 Å². The maximum absolute atomic E-state index is 2.44. The lowest BCUT2D eigenvalue weighted by atomic mass is 9.85. The topological polar surface area (TPSA) is 4.93 Å². The Balaban J connectivity index is 1.10. The van der Waals surface area contributed by atoms with E-state index >= 15 is 0 Å². The van der Waals surface area contributed by atoms with Gasteiger partial charge in [0.2, 0.25) is 0 Å². The number of nitrogens with zero attached hydrogens (tertiary/aromatic N) is 1. The summed E-state index contributed by atoms with van der Waals surface area (Å²) in [6.07, 6.45) is 0. The van der Waals surface area contributed by atoms with Gasteiger partial charge in [0.25, 0.3) is 0 Å². The highest BCUT2D eigenvalue weighted by Gasteiger charge is 2.19. The molecule has 0 aliphatic heterocycles. The van der Waals surface area contributed by atoms with Crippen molar-refractivity contribution in [2.45, 2.75) is 0 Å². The van der Waals surface area contributed by atoms with E-state index in [0.29, 0.717) is 0 Å². The van der Waals surface area contributed by atoms with Crippen LogP contribution in [0.25, 0.3) is 113 Å². The van der Waals surface area contributed by atoms with Crippen LogP contribution >= 0.6 is 11.3 Å². The molecule has 0 bridgehead atoms. The molecule has 1 nitrogen and oxygen atoms in total. The van der Waals surface area contributed by atoms with Gasteiger partial charge in [-0.05, 0) is 132 Å². The van der Waals surface area contributed by atoms with Gasteiger partial charge in [-0.2, -0.15) is 0 Å². The SMILES string of the molecule is c1ccc(-n2c3ccccc3c3cc(-c4c5ccccc5c(-c5ccc6sc7cc8cc9ccccc9cc8cc7c6c5)c5ccccc45)ccc32)cc1. The van der Waals surface area contributed by atoms with Gasteiger partial charge in [-0.25, -0.2) is 0 Å². The van der Waals surface area contributed by atoms with Crippen LogP contribution in [0.2, 0.25) is 0 Å². The molecule has 0 aliphatic rings. The minimum absolute atomic E-state index is 1.17. The molecular weight excluding hydrogens is 671 g/mol. The molecule has 2 heteroatoms. The monoisotopic (exact) mass is 701 g/mol. The second-order valence-corrected chi connectivity index (χ2v) is 15.6. The van der Waals surface area contributed by atoms with E-state index in [1.54, 1.807) is 0 Å². The van der Waals surface area contributed by atoms with Crippen LogP contribution in [0.5, 0.6) is 0 Å². The Kier molecular flexibility index (Phi) is 6.28. The quantitative estimate of drug-likeness (QED) is 0.162. The predicted molar refractivity (Wildman–Crippen MR) is 235 cm³/mol. The van der Waals surface area contributed by atoms with Crippen LogP contribution in [0.3, 0.4) is 0 Å². The number of para-hydroxylation sites is 2. The van der Waals surface area contributed by atoms with Crippen LogP contribution in [0.1, 0.15) is 0 Å². The number of benzene rings is 10. The van der Waals surface area contributed by atoms with E-state index in [9.17, 15) is 0 Å². The second kappa shape index (κ2) is 11.4. The van der Waals surface area contributed by atoms with Gasteiger partial charge in [-0.1, -0.05) is 121 Å². The molecule has 250 valence electrons. The zero-order valence-corrected chi connectivity index (χ0v) is 30.1. The summed E-state index contributed by atoms with van der Waals surface area (Å²) in [7, 11) is 0. The predicted octanol–water partition coefficient (Wildman–Crippen LogP) is 15.1. The number of thiophene rings is 1. The van der Waals surface area contributed by atoms with Gasteiger partial charge < -0.3 is 4.57 Å². The van der Waals surface area contributed by atoms with Crippen molar-refractivity contribution in [3.05, 3.63) is 188 Å². The average Bonchev–Trinajstić information content (AvgIpc) is 3.75. The van der Waals surface area contributed by atoms with Crippen molar-refractivity contribution in [3.63, 3.8) is 0 Å². The Morgan fingerprint density at radius 3 is 1.46 bits per heavy atom. The molecule has 0 fully saturated rings. The summed E-state index contributed by atoms with van der Waals surface area (Å²) in [5.41, 5.74) is 8.67. The van der Waals surface area contributed by atoms with Gasteiger partial charge in [0, 0.05) is 36.6 Å². The van der Waals surface area contributed by atoms with E-state index < -0.39 is 0 Å². The van der Waals surface area contributed by atoms with E-state index in [2.05, 4.69) is 193 Å². The summed E-state index contributed by atoms with van der Waals surface area (Å²) in [6.45, 7) is 0. The van der Waals surface area contributed by atoms with Gasteiger partial charge in [-0.15, -0.1) is 11.3 Å². The fraction of sp³-hybridized carbons (Fsp3) is 0. The first-order valence-corrected chi connectivity index (χ1v) is 19.4. The summed E-state index contributed by atoms with van der Waals surface area (Å²) < 4.78 is 5.05. The first kappa shape index (κ1) is 29.8. The highest BCUT2D eigenvalue weighted by atomic mass is 32.1. The molecule has 54 heavy (non-hydrogen) atoms. The Hall–Kier alpha value is -6.74. The number of hydrogen-bond acceptors (Lipinski definition) is 1. The summed E-state index contributed by atoms with van der Waals surface area (Å²) in [4.78, 5) is 0. The summed E-state index contributed by atoms with van der Waals surface area (Å²) in [5.74, 6) is 0. The van der Waals surface area contributed by atoms with Crippen molar-refractivity contribution in [2.75, 3.05) is 0 Å². The van der Waals surface area contributed by atoms with Crippen molar-refractivity contribution in [3.8, 4) is 27.9 Å². The van der Waals surface area contributed by atoms with Crippen molar-refractivity contribution in [2.24, 2.45) is 0 Å². The first-order valence-electron chi connectivity index (χ1n) is 18.6. The van der Waals surface area contributed by atoms with Crippen LogP contribution in [0.15, 0.2) is 188 Å². The fourth-order valence-electron chi connectivity index (χ4n) is 9.10. The van der Waals surface area contributed by atoms with E-state index in [0.717, 1.165) is 0 Å². The molecule has 0 radical (unpaired) electrons. The molecule has 2 aromatic heterocycles. The molecule has 10 aromatic carbocycles. The molecule has 0 saturated heterocycles. The normalized spacial score (nSPS) is 12.1. The van der Waals surface area contributed by atoms with Crippen LogP contribution in [-0.4, -0.2) is 4.57 Å². The van der Waals surface area contributed by atoms with Crippen LogP contribution in [0, 0.1) is 0 Å². The maximum atomic E-state index is 2.44. The van der Waals surface area contributed by atoms with Gasteiger partial charge in [0.05, 0.1) is 11.0 Å². The van der Waals surface area contributed by atoms with E-state index in [1.807, 2.05) is 11.3 Å². The standard InChI is InChI=1S/C52H31NS/c1-2-14-38(15-3-1)53-47-21-11-10-16-39(47)44-28-34(22-24-48(44)53)51-40-17-6-8-19-42(40)52(43-20-9-7-18-41(43)51)35-23-25-49-45(29-35)46-30-36-26-32-12-4-5-13-33(32)27-37(36)31-50(46)54-49/h1-31H. The number of fused-ring (bicyclic) bond motifs is 10. The van der Waals surface area contributed by atoms with Crippen molar-refractivity contribution in [1.82, 2.24) is 4.57 Å². The second-order valence-electron chi connectivity index (χ2n) is 14.5. The zero-order valence-electron chi connectivity index (χ0n) is 29.3. The van der Waals surface area contributed by atoms with Gasteiger partial charge in [0.1, 0.15) is 0 Å². The van der Waals surface area contributed by atoms with Gasteiger partial charge in [0.15, 0.2) is 0 Å². The van der Waals surface area contributed by atoms with Crippen molar-refractivity contribution >= 4 is 96.4 Å². The molecule has 12 rings (SSSR count). The maximum Gasteiger partial charge on any atom is 0.0541 e. The molecule has 0 atom stereocenters. The van der Waals surface area contributed by atoms with Gasteiger partial charge >= 0.3 is 0 Å². The fourth-order valence-corrected chi connectivity index (χ4v) is 10.2. The molecular formula is C52H31NS. The minimum atomic E-state index is 1.17. The lowest BCUT2D eigenvalue weighted by molar-refractivity contribution is 1.18. The van der Waals surface area contributed by atoms with Crippen molar-refractivity contribution < 1.29 is 0 Å². The van der Waals surface area contributed by atoms with Crippen LogP contribution < -0.4 is 0 Å². The molecule has 0 aliphatic carbocycles. The molecule has 0 spiro atoms. The molecule has 12 aromatic rings. The third-order valence-electron chi connectivity index (χ3n) is 11.5. The van der Waals surface area contributed by atoms with Crippen molar-refractivity contribution in [1.29, 1.82) is 0 Å². The smallest absolute Gasteiger partial charge is 0.0541 e. The summed E-state index contributed by atoms with van der Waals surface area (Å²) in [5, 5.41) is 15.4. The third-order valence-corrected chi connectivity index (χ3v) is 12.6. The molecule has 0 unspecified atom stereocenters. The number of hydrogen-bond donors (Lipinski definition) is 0. The number of aromatic nitrogens is 1. The Bertz CT molecular complexity index is 3440. The lowest BCUT2D eigenvalue weighted by Gasteiger charge is -2.18. The van der Waals surface area contributed by atoms with E-state index in [1.165, 1.54) is 113 Å². The third kappa shape index (κ3) is 4.32. The summed E-state index contributed by atoms with van der Waals surface area (Å²) >= 11 is 1.89. The largest absolute Gasteiger partial charge is 0.309 e. The van der Waals surface area contributed by atoms with E-state index in [-0.39, 0.29) is 0 Å². The Labute approximate surface area is 315 Å².